The molecule has 0 amide bonds. The molecule has 3 aromatic rings. The van der Waals surface area contributed by atoms with E-state index in [1.54, 1.807) is 6.07 Å². The van der Waals surface area contributed by atoms with Gasteiger partial charge in [-0.2, -0.15) is 18.8 Å². The average Bonchev–Trinajstić information content (AvgIpc) is 2.93. The smallest absolute Gasteiger partial charge is 0.275 e. The number of nitrogens with one attached hydrogen (secondary N) is 2. The van der Waals surface area contributed by atoms with Crippen LogP contribution in [0, 0.1) is 17.1 Å². The van der Waals surface area contributed by atoms with Gasteiger partial charge in [-0.1, -0.05) is 11.6 Å². The number of hydrogen-bond donors (Lipinski definition) is 2. The van der Waals surface area contributed by atoms with E-state index in [0.717, 1.165) is 6.07 Å². The molecule has 1 heterocycles. The Morgan fingerprint density at radius 3 is 2.74 bits per heavy atom. The topological polar surface area (TPSA) is 98.6 Å². The number of H-pyrrole nitrogens is 1. The number of anilines is 1. The van der Waals surface area contributed by atoms with Crippen molar-refractivity contribution < 1.29 is 12.8 Å². The number of nitriles is 1. The molecule has 2 aromatic carbocycles. The van der Waals surface area contributed by atoms with E-state index in [2.05, 4.69) is 14.9 Å². The van der Waals surface area contributed by atoms with Crippen LogP contribution in [0.5, 0.6) is 0 Å². The lowest BCUT2D eigenvalue weighted by Gasteiger charge is -2.08. The molecule has 0 aliphatic heterocycles. The average molecular weight is 351 g/mol. The van der Waals surface area contributed by atoms with Crippen molar-refractivity contribution in [2.75, 3.05) is 4.72 Å². The van der Waals surface area contributed by atoms with Gasteiger partial charge >= 0.3 is 0 Å². The highest BCUT2D eigenvalue weighted by Gasteiger charge is 2.22. The molecule has 23 heavy (non-hydrogen) atoms. The number of fused-ring (bicyclic) bond motifs is 1. The maximum Gasteiger partial charge on any atom is 0.279 e. The summed E-state index contributed by atoms with van der Waals surface area (Å²) in [6.45, 7) is 0. The lowest BCUT2D eigenvalue weighted by atomic mass is 10.2. The molecule has 0 saturated carbocycles. The maximum atomic E-state index is 13.9. The number of hydrogen-bond acceptors (Lipinski definition) is 4. The normalized spacial score (nSPS) is 11.3. The third-order valence-electron chi connectivity index (χ3n) is 3.09. The zero-order valence-corrected chi connectivity index (χ0v) is 12.9. The summed E-state index contributed by atoms with van der Waals surface area (Å²) >= 11 is 5.83. The molecule has 0 aliphatic carbocycles. The van der Waals surface area contributed by atoms with Gasteiger partial charge in [0.15, 0.2) is 5.03 Å². The Bertz CT molecular complexity index is 1060. The minimum absolute atomic E-state index is 0.0899. The van der Waals surface area contributed by atoms with Gasteiger partial charge in [0.25, 0.3) is 10.0 Å². The molecule has 1 aromatic heterocycles. The first-order valence-electron chi connectivity index (χ1n) is 6.27. The minimum atomic E-state index is -4.09. The summed E-state index contributed by atoms with van der Waals surface area (Å²) in [5.41, 5.74) is 0.200. The van der Waals surface area contributed by atoms with Crippen molar-refractivity contribution in [1.29, 1.82) is 5.26 Å². The van der Waals surface area contributed by atoms with E-state index in [0.29, 0.717) is 15.9 Å². The Kier molecular flexibility index (Phi) is 3.67. The van der Waals surface area contributed by atoms with Crippen molar-refractivity contribution in [3.8, 4) is 6.07 Å². The van der Waals surface area contributed by atoms with Crippen molar-refractivity contribution >= 4 is 38.2 Å². The largest absolute Gasteiger partial charge is 0.279 e. The quantitative estimate of drug-likeness (QED) is 0.758. The van der Waals surface area contributed by atoms with Crippen LogP contribution in [0.25, 0.3) is 10.9 Å². The molecule has 0 radical (unpaired) electrons. The second kappa shape index (κ2) is 5.53. The van der Waals surface area contributed by atoms with E-state index in [1.165, 1.54) is 30.3 Å². The van der Waals surface area contributed by atoms with E-state index in [-0.39, 0.29) is 16.3 Å². The summed E-state index contributed by atoms with van der Waals surface area (Å²) in [5.74, 6) is -0.848. The third kappa shape index (κ3) is 2.84. The fourth-order valence-corrected chi connectivity index (χ4v) is 3.38. The first-order chi connectivity index (χ1) is 10.9. The van der Waals surface area contributed by atoms with Crippen molar-refractivity contribution in [1.82, 2.24) is 10.2 Å². The third-order valence-corrected chi connectivity index (χ3v) is 4.67. The van der Waals surface area contributed by atoms with Crippen molar-refractivity contribution in [2.24, 2.45) is 0 Å². The van der Waals surface area contributed by atoms with Gasteiger partial charge in [-0.15, -0.1) is 0 Å². The van der Waals surface area contributed by atoms with Gasteiger partial charge in [0.2, 0.25) is 0 Å². The fraction of sp³-hybridized carbons (Fsp3) is 0. The molecule has 0 unspecified atom stereocenters. The summed E-state index contributed by atoms with van der Waals surface area (Å²) in [6.07, 6.45) is 0. The van der Waals surface area contributed by atoms with Crippen LogP contribution in [0.4, 0.5) is 10.1 Å². The molecule has 6 nitrogen and oxygen atoms in total. The number of sulfonamides is 1. The Hall–Kier alpha value is -2.63. The Balaban J connectivity index is 2.03. The van der Waals surface area contributed by atoms with Gasteiger partial charge in [-0.3, -0.25) is 9.82 Å². The number of aromatic nitrogens is 2. The van der Waals surface area contributed by atoms with Crippen molar-refractivity contribution in [3.05, 3.63) is 52.8 Å². The summed E-state index contributed by atoms with van der Waals surface area (Å²) in [5, 5.41) is 15.5. The van der Waals surface area contributed by atoms with Crippen LogP contribution < -0.4 is 4.72 Å². The van der Waals surface area contributed by atoms with E-state index >= 15 is 0 Å². The van der Waals surface area contributed by atoms with Crippen LogP contribution >= 0.6 is 11.6 Å². The monoisotopic (exact) mass is 350 g/mol. The lowest BCUT2D eigenvalue weighted by molar-refractivity contribution is 0.595. The summed E-state index contributed by atoms with van der Waals surface area (Å²) in [7, 11) is -4.09. The summed E-state index contributed by atoms with van der Waals surface area (Å²) in [6, 6.07) is 9.75. The molecule has 116 valence electrons. The standard InChI is InChI=1S/C14H8ClFN4O2S/c15-9-2-3-10-13(6-9)18-19-14(10)23(21,22)20-12-4-1-8(7-17)5-11(12)16/h1-6,20H,(H,18,19). The molecular weight excluding hydrogens is 343 g/mol. The second-order valence-electron chi connectivity index (χ2n) is 4.63. The van der Waals surface area contributed by atoms with Crippen LogP contribution in [0.2, 0.25) is 5.02 Å². The van der Waals surface area contributed by atoms with E-state index in [1.807, 2.05) is 0 Å². The zero-order chi connectivity index (χ0) is 16.6. The van der Waals surface area contributed by atoms with Gasteiger partial charge in [0, 0.05) is 10.4 Å². The fourth-order valence-electron chi connectivity index (χ4n) is 2.03. The molecule has 0 fully saturated rings. The maximum absolute atomic E-state index is 13.9. The second-order valence-corrected chi connectivity index (χ2v) is 6.68. The van der Waals surface area contributed by atoms with Gasteiger partial charge in [0.05, 0.1) is 22.8 Å². The van der Waals surface area contributed by atoms with Crippen molar-refractivity contribution in [2.45, 2.75) is 5.03 Å². The highest BCUT2D eigenvalue weighted by Crippen LogP contribution is 2.26. The predicted octanol–water partition coefficient (Wildman–Crippen LogP) is 3.03. The Morgan fingerprint density at radius 2 is 2.04 bits per heavy atom. The van der Waals surface area contributed by atoms with Gasteiger partial charge in [-0.25, -0.2) is 4.39 Å². The summed E-state index contributed by atoms with van der Waals surface area (Å²) < 4.78 is 40.8. The SMILES string of the molecule is N#Cc1ccc(NS(=O)(=O)c2[nH]nc3cc(Cl)ccc23)c(F)c1. The molecule has 3 rings (SSSR count). The van der Waals surface area contributed by atoms with Crippen LogP contribution in [0.3, 0.4) is 0 Å². The molecule has 2 N–H and O–H groups in total. The van der Waals surface area contributed by atoms with Crippen LogP contribution in [0.15, 0.2) is 41.4 Å². The first-order valence-corrected chi connectivity index (χ1v) is 8.13. The molecular formula is C14H8ClFN4O2S. The van der Waals surface area contributed by atoms with E-state index < -0.39 is 15.8 Å². The van der Waals surface area contributed by atoms with Crippen LogP contribution in [-0.2, 0) is 10.0 Å². The van der Waals surface area contributed by atoms with Gasteiger partial charge < -0.3 is 0 Å². The van der Waals surface area contributed by atoms with Gasteiger partial charge in [0.1, 0.15) is 5.82 Å². The number of nitrogens with zero attached hydrogens (tertiary/aromatic N) is 2. The Labute approximate surface area is 135 Å². The number of benzene rings is 2. The zero-order valence-electron chi connectivity index (χ0n) is 11.3. The number of aromatic amines is 1. The molecule has 0 aliphatic rings. The minimum Gasteiger partial charge on any atom is -0.275 e. The highest BCUT2D eigenvalue weighted by atomic mass is 35.5. The number of rotatable bonds is 3. The Morgan fingerprint density at radius 1 is 1.26 bits per heavy atom. The molecule has 9 heteroatoms. The molecule has 0 atom stereocenters. The summed E-state index contributed by atoms with van der Waals surface area (Å²) in [4.78, 5) is 0. The molecule has 0 bridgehead atoms. The highest BCUT2D eigenvalue weighted by molar-refractivity contribution is 7.92. The predicted molar refractivity (Wildman–Crippen MR) is 83.0 cm³/mol. The number of halogens is 2. The van der Waals surface area contributed by atoms with Crippen molar-refractivity contribution in [3.63, 3.8) is 0 Å². The van der Waals surface area contributed by atoms with Crippen LogP contribution in [0.1, 0.15) is 5.56 Å². The first kappa shape index (κ1) is 15.3. The molecule has 0 spiro atoms. The van der Waals surface area contributed by atoms with E-state index in [9.17, 15) is 12.8 Å². The molecule has 0 saturated heterocycles. The van der Waals surface area contributed by atoms with Gasteiger partial charge in [-0.05, 0) is 36.4 Å². The lowest BCUT2D eigenvalue weighted by Crippen LogP contribution is -2.14. The van der Waals surface area contributed by atoms with Crippen LogP contribution in [-0.4, -0.2) is 18.6 Å². The van der Waals surface area contributed by atoms with E-state index in [4.69, 9.17) is 16.9 Å².